The van der Waals surface area contributed by atoms with Crippen molar-refractivity contribution in [2.24, 2.45) is 0 Å². The highest BCUT2D eigenvalue weighted by Gasteiger charge is 2.33. The lowest BCUT2D eigenvalue weighted by molar-refractivity contribution is 0.0268. The van der Waals surface area contributed by atoms with E-state index in [0.717, 1.165) is 63.5 Å². The lowest BCUT2D eigenvalue weighted by Gasteiger charge is -2.44. The van der Waals surface area contributed by atoms with E-state index in [4.69, 9.17) is 5.21 Å². The highest BCUT2D eigenvalue weighted by molar-refractivity contribution is 5.95. The van der Waals surface area contributed by atoms with Crippen LogP contribution in [0.4, 0.5) is 0 Å². The molecule has 0 aliphatic carbocycles. The van der Waals surface area contributed by atoms with Crippen molar-refractivity contribution in [2.75, 3.05) is 46.3 Å². The second-order valence-electron chi connectivity index (χ2n) is 10.0. The van der Waals surface area contributed by atoms with Gasteiger partial charge < -0.3 is 9.80 Å². The molecule has 2 heterocycles. The van der Waals surface area contributed by atoms with Gasteiger partial charge >= 0.3 is 0 Å². The molecule has 2 unspecified atom stereocenters. The van der Waals surface area contributed by atoms with E-state index in [0.29, 0.717) is 5.56 Å². The molecule has 188 valence electrons. The van der Waals surface area contributed by atoms with Gasteiger partial charge in [0.05, 0.1) is 0 Å². The molecule has 2 atom stereocenters. The first-order valence-corrected chi connectivity index (χ1v) is 12.4. The molecule has 0 saturated carbocycles. The fraction of sp³-hybridized carbons (Fsp3) is 0.481. The number of piperazine rings is 2. The fourth-order valence-corrected chi connectivity index (χ4v) is 5.21. The first-order valence-electron chi connectivity index (χ1n) is 12.4. The molecule has 8 heteroatoms. The Morgan fingerprint density at radius 3 is 1.80 bits per heavy atom. The van der Waals surface area contributed by atoms with Crippen LogP contribution in [0.3, 0.4) is 0 Å². The predicted molar refractivity (Wildman–Crippen MR) is 135 cm³/mol. The molecule has 0 bridgehead atoms. The van der Waals surface area contributed by atoms with Gasteiger partial charge in [0, 0.05) is 75.6 Å². The first-order chi connectivity index (χ1) is 16.8. The Labute approximate surface area is 208 Å². The molecular formula is C27H37N5O3. The van der Waals surface area contributed by atoms with Crippen LogP contribution in [0.5, 0.6) is 0 Å². The second kappa shape index (κ2) is 11.3. The van der Waals surface area contributed by atoms with Crippen LogP contribution in [0, 0.1) is 0 Å². The Morgan fingerprint density at radius 2 is 1.29 bits per heavy atom. The molecule has 35 heavy (non-hydrogen) atoms. The van der Waals surface area contributed by atoms with Crippen LogP contribution in [0.1, 0.15) is 45.7 Å². The molecule has 2 saturated heterocycles. The minimum atomic E-state index is -0.515. The summed E-state index contributed by atoms with van der Waals surface area (Å²) in [6, 6.07) is 15.6. The van der Waals surface area contributed by atoms with E-state index in [1.807, 2.05) is 29.2 Å². The van der Waals surface area contributed by atoms with Crippen LogP contribution < -0.4 is 5.48 Å². The summed E-state index contributed by atoms with van der Waals surface area (Å²) in [6.45, 7) is 11.8. The number of hydrogen-bond acceptors (Lipinski definition) is 6. The van der Waals surface area contributed by atoms with Gasteiger partial charge in [-0.2, -0.15) is 0 Å². The topological polar surface area (TPSA) is 79.4 Å². The highest BCUT2D eigenvalue weighted by Crippen LogP contribution is 2.21. The summed E-state index contributed by atoms with van der Waals surface area (Å²) in [5.74, 6) is -0.423. The van der Waals surface area contributed by atoms with Gasteiger partial charge in [-0.15, -0.1) is 0 Å². The Bertz CT molecular complexity index is 990. The Hall–Kier alpha value is -2.78. The minimum Gasteiger partial charge on any atom is -0.331 e. The molecule has 2 fully saturated rings. The average Bonchev–Trinajstić information content (AvgIpc) is 2.85. The summed E-state index contributed by atoms with van der Waals surface area (Å²) in [7, 11) is 2.16. The largest absolute Gasteiger partial charge is 0.331 e. The maximum atomic E-state index is 13.4. The van der Waals surface area contributed by atoms with E-state index in [-0.39, 0.29) is 18.0 Å². The zero-order valence-corrected chi connectivity index (χ0v) is 21.0. The Balaban J connectivity index is 1.33. The van der Waals surface area contributed by atoms with Crippen LogP contribution in [0.25, 0.3) is 0 Å². The van der Waals surface area contributed by atoms with Gasteiger partial charge in [0.1, 0.15) is 0 Å². The van der Waals surface area contributed by atoms with Gasteiger partial charge in [0.2, 0.25) is 0 Å². The molecule has 0 radical (unpaired) electrons. The van der Waals surface area contributed by atoms with E-state index < -0.39 is 5.91 Å². The standard InChI is InChI=1S/C27H37N5O3/c1-20-16-31(19-23-4-8-24(9-5-23)26(33)28-35)17-21(2)32(20)27(34)25-10-6-22(7-11-25)18-30-14-12-29(3)13-15-30/h4-11,20-21,35H,12-19H2,1-3H3,(H,28,33). The van der Waals surface area contributed by atoms with E-state index in [9.17, 15) is 9.59 Å². The molecule has 2 aromatic carbocycles. The molecule has 2 aliphatic rings. The maximum absolute atomic E-state index is 13.4. The van der Waals surface area contributed by atoms with E-state index >= 15 is 0 Å². The molecule has 2 aliphatic heterocycles. The molecule has 8 nitrogen and oxygen atoms in total. The number of carbonyl (C=O) groups excluding carboxylic acids is 2. The van der Waals surface area contributed by atoms with Gasteiger partial charge in [0.25, 0.3) is 11.8 Å². The van der Waals surface area contributed by atoms with E-state index in [2.05, 4.69) is 47.7 Å². The summed E-state index contributed by atoms with van der Waals surface area (Å²) in [5, 5.41) is 8.77. The summed E-state index contributed by atoms with van der Waals surface area (Å²) in [5.41, 5.74) is 5.16. The van der Waals surface area contributed by atoms with Crippen LogP contribution >= 0.6 is 0 Å². The third kappa shape index (κ3) is 6.27. The third-order valence-corrected chi connectivity index (χ3v) is 7.16. The van der Waals surface area contributed by atoms with Gasteiger partial charge in [-0.25, -0.2) is 5.48 Å². The van der Waals surface area contributed by atoms with Crippen LogP contribution in [0.15, 0.2) is 48.5 Å². The fourth-order valence-electron chi connectivity index (χ4n) is 5.21. The van der Waals surface area contributed by atoms with Crippen molar-refractivity contribution in [3.63, 3.8) is 0 Å². The normalized spacial score (nSPS) is 22.2. The number of nitrogens with one attached hydrogen (secondary N) is 1. The van der Waals surface area contributed by atoms with Gasteiger partial charge in [-0.1, -0.05) is 24.3 Å². The lowest BCUT2D eigenvalue weighted by atomic mass is 10.0. The minimum absolute atomic E-state index is 0.0927. The number of nitrogens with zero attached hydrogens (tertiary/aromatic N) is 4. The summed E-state index contributed by atoms with van der Waals surface area (Å²) in [4.78, 5) is 34.1. The first kappa shape index (κ1) is 25.3. The number of benzene rings is 2. The Kier molecular flexibility index (Phi) is 8.18. The molecule has 2 aromatic rings. The van der Waals surface area contributed by atoms with Crippen molar-refractivity contribution in [1.29, 1.82) is 0 Å². The predicted octanol–water partition coefficient (Wildman–Crippen LogP) is 2.29. The number of likely N-dealkylation sites (N-methyl/N-ethyl adjacent to an activating group) is 1. The van der Waals surface area contributed by atoms with E-state index in [1.54, 1.807) is 17.6 Å². The zero-order chi connectivity index (χ0) is 24.9. The molecule has 2 N–H and O–H groups in total. The smallest absolute Gasteiger partial charge is 0.274 e. The Morgan fingerprint density at radius 1 is 0.800 bits per heavy atom. The van der Waals surface area contributed by atoms with E-state index in [1.165, 1.54) is 5.56 Å². The number of rotatable bonds is 6. The van der Waals surface area contributed by atoms with Crippen molar-refractivity contribution in [3.8, 4) is 0 Å². The quantitative estimate of drug-likeness (QED) is 0.489. The van der Waals surface area contributed by atoms with Crippen molar-refractivity contribution in [1.82, 2.24) is 25.1 Å². The number of hydroxylamine groups is 1. The molecule has 0 spiro atoms. The SMILES string of the molecule is CC1CN(Cc2ccc(C(=O)NO)cc2)CC(C)N1C(=O)c1ccc(CN2CCN(C)CC2)cc1. The summed E-state index contributed by atoms with van der Waals surface area (Å²) < 4.78 is 0. The van der Waals surface area contributed by atoms with Crippen molar-refractivity contribution >= 4 is 11.8 Å². The number of carbonyl (C=O) groups is 2. The van der Waals surface area contributed by atoms with Crippen LogP contribution in [-0.2, 0) is 13.1 Å². The number of hydrogen-bond donors (Lipinski definition) is 2. The molecular weight excluding hydrogens is 442 g/mol. The monoisotopic (exact) mass is 479 g/mol. The summed E-state index contributed by atoms with van der Waals surface area (Å²) >= 11 is 0. The van der Waals surface area contributed by atoms with Crippen molar-refractivity contribution in [3.05, 3.63) is 70.8 Å². The lowest BCUT2D eigenvalue weighted by Crippen LogP contribution is -2.58. The second-order valence-corrected chi connectivity index (χ2v) is 10.0. The van der Waals surface area contributed by atoms with Gasteiger partial charge in [0.15, 0.2) is 0 Å². The van der Waals surface area contributed by atoms with Gasteiger partial charge in [-0.3, -0.25) is 24.6 Å². The van der Waals surface area contributed by atoms with Crippen LogP contribution in [0.2, 0.25) is 0 Å². The maximum Gasteiger partial charge on any atom is 0.274 e. The van der Waals surface area contributed by atoms with Crippen molar-refractivity contribution in [2.45, 2.75) is 39.0 Å². The summed E-state index contributed by atoms with van der Waals surface area (Å²) in [6.07, 6.45) is 0. The van der Waals surface area contributed by atoms with Crippen molar-refractivity contribution < 1.29 is 14.8 Å². The number of amides is 2. The zero-order valence-electron chi connectivity index (χ0n) is 21.0. The molecule has 4 rings (SSSR count). The molecule has 0 aromatic heterocycles. The van der Waals surface area contributed by atoms with Gasteiger partial charge in [-0.05, 0) is 56.3 Å². The third-order valence-electron chi connectivity index (χ3n) is 7.16. The average molecular weight is 480 g/mol. The van der Waals surface area contributed by atoms with Crippen LogP contribution in [-0.4, -0.2) is 95.0 Å². The highest BCUT2D eigenvalue weighted by atomic mass is 16.5. The molecule has 2 amide bonds.